The van der Waals surface area contributed by atoms with Gasteiger partial charge < -0.3 is 9.47 Å². The van der Waals surface area contributed by atoms with E-state index in [1.54, 1.807) is 6.92 Å². The van der Waals surface area contributed by atoms with Gasteiger partial charge in [-0.1, -0.05) is 13.8 Å². The van der Waals surface area contributed by atoms with Gasteiger partial charge in [-0.3, -0.25) is 9.59 Å². The maximum absolute atomic E-state index is 12.4. The van der Waals surface area contributed by atoms with Crippen LogP contribution in [-0.2, 0) is 19.1 Å². The van der Waals surface area contributed by atoms with E-state index in [1.165, 1.54) is 0 Å². The summed E-state index contributed by atoms with van der Waals surface area (Å²) in [5, 5.41) is 0. The van der Waals surface area contributed by atoms with Crippen LogP contribution in [0.4, 0.5) is 8.78 Å². The van der Waals surface area contributed by atoms with Crippen LogP contribution in [0.15, 0.2) is 0 Å². The fraction of sp³-hybridized carbons (Fsp3) is 0.818. The maximum atomic E-state index is 12.4. The minimum atomic E-state index is -3.08. The predicted molar refractivity (Wildman–Crippen MR) is 56.6 cm³/mol. The first-order chi connectivity index (χ1) is 7.76. The molecule has 0 aromatic heterocycles. The number of carbonyl (C=O) groups is 2. The summed E-state index contributed by atoms with van der Waals surface area (Å²) in [4.78, 5) is 22.0. The van der Waals surface area contributed by atoms with Crippen LogP contribution in [0, 0.1) is 5.92 Å². The zero-order valence-electron chi connectivity index (χ0n) is 10.3. The summed E-state index contributed by atoms with van der Waals surface area (Å²) in [5.74, 6) is -4.68. The Balaban J connectivity index is 3.65. The number of esters is 2. The van der Waals surface area contributed by atoms with Crippen molar-refractivity contribution in [3.05, 3.63) is 0 Å². The molecule has 0 aliphatic carbocycles. The average molecular weight is 252 g/mol. The van der Waals surface area contributed by atoms with E-state index in [2.05, 4.69) is 4.74 Å². The first-order valence-electron chi connectivity index (χ1n) is 5.46. The molecule has 0 rings (SSSR count). The summed E-state index contributed by atoms with van der Waals surface area (Å²) in [6.45, 7) is 3.89. The second kappa shape index (κ2) is 7.19. The van der Waals surface area contributed by atoms with Crippen molar-refractivity contribution >= 4 is 11.9 Å². The number of rotatable bonds is 7. The molecule has 1 atom stereocenters. The molecule has 17 heavy (non-hydrogen) atoms. The number of hydrogen-bond acceptors (Lipinski definition) is 4. The highest BCUT2D eigenvalue weighted by Crippen LogP contribution is 2.16. The summed E-state index contributed by atoms with van der Waals surface area (Å²) < 4.78 is 34.0. The molecule has 0 aromatic rings. The van der Waals surface area contributed by atoms with E-state index in [9.17, 15) is 18.4 Å². The number of carbonyl (C=O) groups excluding carboxylic acids is 2. The van der Waals surface area contributed by atoms with Gasteiger partial charge in [0.15, 0.2) is 0 Å². The largest absolute Gasteiger partial charge is 0.462 e. The lowest BCUT2D eigenvalue weighted by atomic mass is 10.1. The third-order valence-electron chi connectivity index (χ3n) is 2.06. The molecule has 1 unspecified atom stereocenters. The number of alkyl halides is 2. The molecule has 0 heterocycles. The molecule has 0 N–H and O–H groups in total. The van der Waals surface area contributed by atoms with E-state index in [0.717, 1.165) is 0 Å². The minimum Gasteiger partial charge on any atom is -0.462 e. The van der Waals surface area contributed by atoms with Gasteiger partial charge in [0.1, 0.15) is 19.6 Å². The molecule has 100 valence electrons. The molecule has 0 fully saturated rings. The second-order valence-corrected chi connectivity index (χ2v) is 3.94. The summed E-state index contributed by atoms with van der Waals surface area (Å²) in [5.41, 5.74) is 0. The van der Waals surface area contributed by atoms with Crippen molar-refractivity contribution in [2.45, 2.75) is 39.5 Å². The monoisotopic (exact) mass is 252 g/mol. The van der Waals surface area contributed by atoms with Gasteiger partial charge in [0.25, 0.3) is 5.92 Å². The van der Waals surface area contributed by atoms with Crippen LogP contribution in [0.1, 0.15) is 33.6 Å². The second-order valence-electron chi connectivity index (χ2n) is 3.94. The standard InChI is InChI=1S/C11H18F2O4/c1-4-8(2)10(15)17-6-5-16-9(14)7-11(3,12)13/h8H,4-7H2,1-3H3. The van der Waals surface area contributed by atoms with Crippen LogP contribution < -0.4 is 0 Å². The molecule has 0 saturated heterocycles. The fourth-order valence-corrected chi connectivity index (χ4v) is 0.911. The summed E-state index contributed by atoms with van der Waals surface area (Å²) >= 11 is 0. The van der Waals surface area contributed by atoms with Crippen molar-refractivity contribution in [3.63, 3.8) is 0 Å². The quantitative estimate of drug-likeness (QED) is 0.514. The Bertz CT molecular complexity index is 261. The van der Waals surface area contributed by atoms with Gasteiger partial charge in [-0.2, -0.15) is 0 Å². The van der Waals surface area contributed by atoms with Crippen molar-refractivity contribution in [1.82, 2.24) is 0 Å². The Morgan fingerprint density at radius 1 is 1.24 bits per heavy atom. The van der Waals surface area contributed by atoms with Gasteiger partial charge in [0.05, 0.1) is 5.92 Å². The molecule has 0 saturated carbocycles. The highest BCUT2D eigenvalue weighted by atomic mass is 19.3. The Morgan fingerprint density at radius 2 is 1.76 bits per heavy atom. The number of hydrogen-bond donors (Lipinski definition) is 0. The Hall–Kier alpha value is -1.20. The number of halogens is 2. The lowest BCUT2D eigenvalue weighted by molar-refractivity contribution is -0.158. The van der Waals surface area contributed by atoms with Gasteiger partial charge in [-0.15, -0.1) is 0 Å². The third-order valence-corrected chi connectivity index (χ3v) is 2.06. The van der Waals surface area contributed by atoms with Crippen LogP contribution in [0.5, 0.6) is 0 Å². The van der Waals surface area contributed by atoms with E-state index in [1.807, 2.05) is 6.92 Å². The van der Waals surface area contributed by atoms with Crippen LogP contribution in [0.3, 0.4) is 0 Å². The maximum Gasteiger partial charge on any atom is 0.312 e. The molecule has 0 aromatic carbocycles. The smallest absolute Gasteiger partial charge is 0.312 e. The van der Waals surface area contributed by atoms with Crippen molar-refractivity contribution in [1.29, 1.82) is 0 Å². The molecule has 6 heteroatoms. The molecular formula is C11H18F2O4. The summed E-state index contributed by atoms with van der Waals surface area (Å²) in [6.07, 6.45) is -0.313. The van der Waals surface area contributed by atoms with Gasteiger partial charge in [-0.05, 0) is 13.3 Å². The molecule has 0 bridgehead atoms. The predicted octanol–water partition coefficient (Wildman–Crippen LogP) is 2.16. The number of ether oxygens (including phenoxy) is 2. The van der Waals surface area contributed by atoms with Crippen molar-refractivity contribution < 1.29 is 27.8 Å². The van der Waals surface area contributed by atoms with Crippen LogP contribution >= 0.6 is 0 Å². The molecule has 0 aliphatic heterocycles. The van der Waals surface area contributed by atoms with Gasteiger partial charge in [-0.25, -0.2) is 8.78 Å². The topological polar surface area (TPSA) is 52.6 Å². The highest BCUT2D eigenvalue weighted by molar-refractivity contribution is 5.72. The van der Waals surface area contributed by atoms with Gasteiger partial charge in [0.2, 0.25) is 0 Å². The van der Waals surface area contributed by atoms with Crippen LogP contribution in [0.25, 0.3) is 0 Å². The highest BCUT2D eigenvalue weighted by Gasteiger charge is 2.26. The first-order valence-corrected chi connectivity index (χ1v) is 5.46. The van der Waals surface area contributed by atoms with E-state index < -0.39 is 18.3 Å². The SMILES string of the molecule is CCC(C)C(=O)OCCOC(=O)CC(C)(F)F. The van der Waals surface area contributed by atoms with E-state index in [0.29, 0.717) is 13.3 Å². The molecule has 4 nitrogen and oxygen atoms in total. The Labute approximate surface area is 99.3 Å². The van der Waals surface area contributed by atoms with Crippen molar-refractivity contribution in [3.8, 4) is 0 Å². The zero-order valence-corrected chi connectivity index (χ0v) is 10.3. The molecular weight excluding hydrogens is 234 g/mol. The Kier molecular flexibility index (Phi) is 6.68. The third kappa shape index (κ3) is 8.59. The van der Waals surface area contributed by atoms with E-state index in [-0.39, 0.29) is 25.1 Å². The van der Waals surface area contributed by atoms with Crippen LogP contribution in [0.2, 0.25) is 0 Å². The normalized spacial score (nSPS) is 13.0. The van der Waals surface area contributed by atoms with Crippen molar-refractivity contribution in [2.75, 3.05) is 13.2 Å². The van der Waals surface area contributed by atoms with E-state index in [4.69, 9.17) is 4.74 Å². The Morgan fingerprint density at radius 3 is 2.24 bits per heavy atom. The first kappa shape index (κ1) is 15.8. The fourth-order valence-electron chi connectivity index (χ4n) is 0.911. The van der Waals surface area contributed by atoms with E-state index >= 15 is 0 Å². The zero-order chi connectivity index (χ0) is 13.5. The molecule has 0 amide bonds. The molecule has 0 spiro atoms. The minimum absolute atomic E-state index is 0.107. The summed E-state index contributed by atoms with van der Waals surface area (Å²) in [7, 11) is 0. The van der Waals surface area contributed by atoms with Gasteiger partial charge >= 0.3 is 11.9 Å². The lowest BCUT2D eigenvalue weighted by Gasteiger charge is -2.11. The lowest BCUT2D eigenvalue weighted by Crippen LogP contribution is -2.21. The average Bonchev–Trinajstić information content (AvgIpc) is 2.20. The molecule has 0 radical (unpaired) electrons. The molecule has 0 aliphatic rings. The van der Waals surface area contributed by atoms with Gasteiger partial charge in [0, 0.05) is 0 Å². The summed E-state index contributed by atoms with van der Waals surface area (Å²) in [6, 6.07) is 0. The van der Waals surface area contributed by atoms with Crippen molar-refractivity contribution in [2.24, 2.45) is 5.92 Å². The van der Waals surface area contributed by atoms with Crippen LogP contribution in [-0.4, -0.2) is 31.1 Å².